The van der Waals surface area contributed by atoms with E-state index in [-0.39, 0.29) is 18.3 Å². The van der Waals surface area contributed by atoms with Crippen molar-refractivity contribution >= 4 is 53.3 Å². The Balaban J connectivity index is 0.00000306. The predicted molar refractivity (Wildman–Crippen MR) is 139 cm³/mol. The number of nitrogens with one attached hydrogen (secondary N) is 2. The number of fused-ring (bicyclic) bond motifs is 1. The lowest BCUT2D eigenvalue weighted by Crippen LogP contribution is -2.49. The molecule has 0 spiro atoms. The molecule has 0 radical (unpaired) electrons. The minimum Gasteiger partial charge on any atom is -0.355 e. The van der Waals surface area contributed by atoms with Crippen molar-refractivity contribution in [3.63, 3.8) is 0 Å². The van der Waals surface area contributed by atoms with Crippen molar-refractivity contribution < 1.29 is 9.59 Å². The number of amidine groups is 1. The third-order valence-corrected chi connectivity index (χ3v) is 6.43. The number of benzene rings is 2. The van der Waals surface area contributed by atoms with Crippen LogP contribution in [0.4, 0.5) is 16.2 Å². The molecule has 4 rings (SSSR count). The Morgan fingerprint density at radius 3 is 2.64 bits per heavy atom. The molecule has 7 nitrogen and oxygen atoms in total. The molecule has 0 aliphatic carbocycles. The minimum atomic E-state index is -0.997. The van der Waals surface area contributed by atoms with E-state index in [1.54, 1.807) is 4.90 Å². The Labute approximate surface area is 205 Å². The molecule has 2 heterocycles. The summed E-state index contributed by atoms with van der Waals surface area (Å²) in [4.78, 5) is 35.1. The van der Waals surface area contributed by atoms with Gasteiger partial charge in [0.25, 0.3) is 5.91 Å². The van der Waals surface area contributed by atoms with Gasteiger partial charge in [0.05, 0.1) is 5.69 Å². The molecular weight excluding hydrogens is 458 g/mol. The molecule has 2 aromatic rings. The molecule has 1 saturated heterocycles. The van der Waals surface area contributed by atoms with Crippen LogP contribution in [-0.2, 0) is 4.79 Å². The van der Waals surface area contributed by atoms with Gasteiger partial charge in [-0.2, -0.15) is 11.8 Å². The van der Waals surface area contributed by atoms with Gasteiger partial charge in [0.1, 0.15) is 5.84 Å². The number of rotatable bonds is 4. The molecule has 2 aliphatic rings. The number of carbonyl (C=O) groups is 2. The Morgan fingerprint density at radius 2 is 1.91 bits per heavy atom. The number of hydrogen-bond donors (Lipinski definition) is 2. The SMILES string of the molecule is CCCN1C(=O)C(NC(=O)Nc2cccc(C)c2)N=C(N2CCSCC2)c2ccccc21.Cl. The van der Waals surface area contributed by atoms with E-state index in [0.717, 1.165) is 53.7 Å². The second-order valence-electron chi connectivity index (χ2n) is 7.93. The molecule has 9 heteroatoms. The number of aryl methyl sites for hydroxylation is 1. The van der Waals surface area contributed by atoms with Crippen LogP contribution >= 0.6 is 24.2 Å². The van der Waals surface area contributed by atoms with E-state index >= 15 is 0 Å². The number of benzodiazepines with no additional fused rings is 1. The number of thioether (sulfide) groups is 1. The maximum absolute atomic E-state index is 13.5. The van der Waals surface area contributed by atoms with Crippen molar-refractivity contribution in [1.82, 2.24) is 10.2 Å². The normalized spacial score (nSPS) is 17.9. The van der Waals surface area contributed by atoms with E-state index in [1.807, 2.05) is 74.1 Å². The first-order chi connectivity index (χ1) is 15.6. The van der Waals surface area contributed by atoms with Crippen LogP contribution in [0.3, 0.4) is 0 Å². The number of nitrogens with zero attached hydrogens (tertiary/aromatic N) is 3. The Bertz CT molecular complexity index is 1030. The number of para-hydroxylation sites is 1. The summed E-state index contributed by atoms with van der Waals surface area (Å²) in [5, 5.41) is 5.63. The van der Waals surface area contributed by atoms with Crippen molar-refractivity contribution in [2.45, 2.75) is 26.4 Å². The molecule has 0 saturated carbocycles. The van der Waals surface area contributed by atoms with Crippen molar-refractivity contribution in [2.24, 2.45) is 4.99 Å². The van der Waals surface area contributed by atoms with Crippen LogP contribution < -0.4 is 15.5 Å². The van der Waals surface area contributed by atoms with Gasteiger partial charge in [-0.05, 0) is 43.2 Å². The zero-order chi connectivity index (χ0) is 22.5. The van der Waals surface area contributed by atoms with Gasteiger partial charge in [-0.3, -0.25) is 4.79 Å². The van der Waals surface area contributed by atoms with Crippen LogP contribution in [0, 0.1) is 6.92 Å². The number of aliphatic imine (C=N–C) groups is 1. The van der Waals surface area contributed by atoms with E-state index in [1.165, 1.54) is 0 Å². The van der Waals surface area contributed by atoms with Gasteiger partial charge in [0.2, 0.25) is 6.17 Å². The van der Waals surface area contributed by atoms with Gasteiger partial charge in [-0.15, -0.1) is 12.4 Å². The third-order valence-electron chi connectivity index (χ3n) is 5.49. The quantitative estimate of drug-likeness (QED) is 0.680. The van der Waals surface area contributed by atoms with Gasteiger partial charge in [-0.25, -0.2) is 9.79 Å². The number of amides is 3. The molecule has 3 amide bonds. The van der Waals surface area contributed by atoms with Gasteiger partial charge in [0.15, 0.2) is 0 Å². The first kappa shape index (κ1) is 24.9. The molecule has 2 aliphatic heterocycles. The number of halogens is 1. The third kappa shape index (κ3) is 5.81. The Hall–Kier alpha value is -2.71. The molecular formula is C24H30ClN5O2S. The molecule has 0 bridgehead atoms. The van der Waals surface area contributed by atoms with Gasteiger partial charge in [-0.1, -0.05) is 31.2 Å². The summed E-state index contributed by atoms with van der Waals surface area (Å²) >= 11 is 1.92. The molecule has 1 fully saturated rings. The van der Waals surface area contributed by atoms with Crippen LogP contribution in [0.15, 0.2) is 53.5 Å². The number of hydrogen-bond acceptors (Lipinski definition) is 5. The molecule has 1 unspecified atom stereocenters. The number of anilines is 2. The molecule has 0 aromatic heterocycles. The average molecular weight is 488 g/mol. The van der Waals surface area contributed by atoms with Crippen molar-refractivity contribution in [1.29, 1.82) is 0 Å². The highest BCUT2D eigenvalue weighted by Gasteiger charge is 2.34. The fraction of sp³-hybridized carbons (Fsp3) is 0.375. The molecule has 1 atom stereocenters. The summed E-state index contributed by atoms with van der Waals surface area (Å²) in [6.45, 7) is 6.29. The van der Waals surface area contributed by atoms with E-state index in [2.05, 4.69) is 15.5 Å². The van der Waals surface area contributed by atoms with Crippen LogP contribution in [-0.4, -0.2) is 60.0 Å². The molecule has 176 valence electrons. The number of carbonyl (C=O) groups excluding carboxylic acids is 2. The highest BCUT2D eigenvalue weighted by molar-refractivity contribution is 7.99. The maximum Gasteiger partial charge on any atom is 0.321 e. The fourth-order valence-corrected chi connectivity index (χ4v) is 4.90. The lowest BCUT2D eigenvalue weighted by molar-refractivity contribution is -0.120. The van der Waals surface area contributed by atoms with Gasteiger partial charge >= 0.3 is 6.03 Å². The lowest BCUT2D eigenvalue weighted by Gasteiger charge is -2.30. The average Bonchev–Trinajstić information content (AvgIpc) is 2.90. The maximum atomic E-state index is 13.5. The largest absolute Gasteiger partial charge is 0.355 e. The zero-order valence-corrected chi connectivity index (χ0v) is 20.5. The van der Waals surface area contributed by atoms with Crippen LogP contribution in [0.25, 0.3) is 0 Å². The Kier molecular flexibility index (Phi) is 8.63. The van der Waals surface area contributed by atoms with Crippen molar-refractivity contribution in [3.05, 3.63) is 59.7 Å². The van der Waals surface area contributed by atoms with Crippen molar-refractivity contribution in [3.8, 4) is 0 Å². The Morgan fingerprint density at radius 1 is 1.15 bits per heavy atom. The fourth-order valence-electron chi connectivity index (χ4n) is 4.00. The summed E-state index contributed by atoms with van der Waals surface area (Å²) in [5.74, 6) is 2.58. The smallest absolute Gasteiger partial charge is 0.321 e. The summed E-state index contributed by atoms with van der Waals surface area (Å²) < 4.78 is 0. The molecule has 2 N–H and O–H groups in total. The second kappa shape index (κ2) is 11.4. The number of urea groups is 1. The summed E-state index contributed by atoms with van der Waals surface area (Å²) in [6.07, 6.45) is -0.193. The van der Waals surface area contributed by atoms with E-state index in [9.17, 15) is 9.59 Å². The predicted octanol–water partition coefficient (Wildman–Crippen LogP) is 4.12. The minimum absolute atomic E-state index is 0. The van der Waals surface area contributed by atoms with Crippen LogP contribution in [0.5, 0.6) is 0 Å². The van der Waals surface area contributed by atoms with Crippen LogP contribution in [0.2, 0.25) is 0 Å². The lowest BCUT2D eigenvalue weighted by atomic mass is 10.1. The van der Waals surface area contributed by atoms with Gasteiger partial charge in [0, 0.05) is 42.4 Å². The monoisotopic (exact) mass is 487 g/mol. The summed E-state index contributed by atoms with van der Waals surface area (Å²) in [6, 6.07) is 15.0. The van der Waals surface area contributed by atoms with E-state index in [0.29, 0.717) is 12.2 Å². The topological polar surface area (TPSA) is 77.0 Å². The summed E-state index contributed by atoms with van der Waals surface area (Å²) in [7, 11) is 0. The van der Waals surface area contributed by atoms with Crippen LogP contribution in [0.1, 0.15) is 24.5 Å². The second-order valence-corrected chi connectivity index (χ2v) is 9.15. The zero-order valence-electron chi connectivity index (χ0n) is 18.9. The first-order valence-corrected chi connectivity index (χ1v) is 12.2. The highest BCUT2D eigenvalue weighted by Crippen LogP contribution is 2.28. The summed E-state index contributed by atoms with van der Waals surface area (Å²) in [5.41, 5.74) is 3.50. The molecule has 33 heavy (non-hydrogen) atoms. The van der Waals surface area contributed by atoms with Gasteiger partial charge < -0.3 is 20.4 Å². The molecule has 2 aromatic carbocycles. The van der Waals surface area contributed by atoms with Crippen molar-refractivity contribution in [2.75, 3.05) is 41.4 Å². The standard InChI is InChI=1S/C24H29N5O2S.ClH/c1-3-11-29-20-10-5-4-9-19(20)22(28-12-14-32-15-13-28)26-21(23(29)30)27-24(31)25-18-8-6-7-17(2)16-18;/h4-10,16,21H,3,11-15H2,1-2H3,(H2,25,27,31);1H. The van der Waals surface area contributed by atoms with E-state index < -0.39 is 12.2 Å². The first-order valence-electron chi connectivity index (χ1n) is 11.0. The van der Waals surface area contributed by atoms with E-state index in [4.69, 9.17) is 4.99 Å². The highest BCUT2D eigenvalue weighted by atomic mass is 35.5.